The average molecular weight is 286 g/mol. The lowest BCUT2D eigenvalue weighted by Crippen LogP contribution is -2.37. The minimum Gasteiger partial charge on any atom is -0.393 e. The zero-order chi connectivity index (χ0) is 11.7. The fourth-order valence-electron chi connectivity index (χ4n) is 2.04. The van der Waals surface area contributed by atoms with Crippen molar-refractivity contribution in [2.24, 2.45) is 5.92 Å². The van der Waals surface area contributed by atoms with E-state index in [0.29, 0.717) is 5.92 Å². The van der Waals surface area contributed by atoms with Gasteiger partial charge < -0.3 is 10.0 Å². The molecule has 88 valence electrons. The van der Waals surface area contributed by atoms with Crippen molar-refractivity contribution >= 4 is 21.7 Å². The molecule has 16 heavy (non-hydrogen) atoms. The Morgan fingerprint density at radius 1 is 1.50 bits per heavy atom. The van der Waals surface area contributed by atoms with Gasteiger partial charge in [-0.15, -0.1) is 0 Å². The molecule has 1 saturated carbocycles. The Morgan fingerprint density at radius 3 is 2.75 bits per heavy atom. The number of hydrogen-bond donors (Lipinski definition) is 1. The Bertz CT molecular complexity index is 359. The number of aliphatic hydroxyl groups excluding tert-OH is 1. The van der Waals surface area contributed by atoms with Gasteiger partial charge in [-0.3, -0.25) is 0 Å². The zero-order valence-electron chi connectivity index (χ0n) is 9.52. The second-order valence-electron chi connectivity index (χ2n) is 4.47. The average Bonchev–Trinajstić information content (AvgIpc) is 2.13. The highest BCUT2D eigenvalue weighted by Crippen LogP contribution is 2.28. The van der Waals surface area contributed by atoms with E-state index in [1.807, 2.05) is 20.0 Å². The zero-order valence-corrected chi connectivity index (χ0v) is 11.1. The first-order valence-corrected chi connectivity index (χ1v) is 6.24. The van der Waals surface area contributed by atoms with E-state index in [9.17, 15) is 5.11 Å². The molecule has 1 heterocycles. The lowest BCUT2D eigenvalue weighted by Gasteiger charge is -2.34. The molecule has 1 aromatic rings. The van der Waals surface area contributed by atoms with Gasteiger partial charge in [-0.05, 0) is 41.6 Å². The fourth-order valence-corrected chi connectivity index (χ4v) is 2.50. The number of rotatable bonds is 3. The second-order valence-corrected chi connectivity index (χ2v) is 5.28. The third-order valence-electron chi connectivity index (χ3n) is 2.93. The minimum absolute atomic E-state index is 0.0859. The van der Waals surface area contributed by atoms with E-state index < -0.39 is 0 Å². The Hall–Kier alpha value is -0.680. The Kier molecular flexibility index (Phi) is 3.44. The minimum atomic E-state index is -0.0859. The van der Waals surface area contributed by atoms with E-state index in [2.05, 4.69) is 30.8 Å². The van der Waals surface area contributed by atoms with Crippen LogP contribution in [-0.2, 0) is 0 Å². The van der Waals surface area contributed by atoms with Crippen LogP contribution in [0.3, 0.4) is 0 Å². The SMILES string of the molecule is Cc1nc(Br)cc(N(C)CC2CC(O)C2)n1. The molecule has 0 aliphatic heterocycles. The summed E-state index contributed by atoms with van der Waals surface area (Å²) < 4.78 is 0.815. The summed E-state index contributed by atoms with van der Waals surface area (Å²) in [7, 11) is 2.03. The molecule has 1 aromatic heterocycles. The number of aryl methyl sites for hydroxylation is 1. The van der Waals surface area contributed by atoms with Crippen molar-refractivity contribution in [3.05, 3.63) is 16.5 Å². The highest BCUT2D eigenvalue weighted by molar-refractivity contribution is 9.10. The maximum atomic E-state index is 9.24. The summed E-state index contributed by atoms with van der Waals surface area (Å²) in [6, 6.07) is 1.92. The molecule has 0 unspecified atom stereocenters. The van der Waals surface area contributed by atoms with Crippen LogP contribution in [0, 0.1) is 12.8 Å². The normalized spacial score (nSPS) is 24.0. The van der Waals surface area contributed by atoms with Crippen LogP contribution in [0.1, 0.15) is 18.7 Å². The van der Waals surface area contributed by atoms with E-state index in [1.165, 1.54) is 0 Å². The van der Waals surface area contributed by atoms with Crippen LogP contribution in [0.5, 0.6) is 0 Å². The van der Waals surface area contributed by atoms with Crippen LogP contribution < -0.4 is 4.90 Å². The lowest BCUT2D eigenvalue weighted by molar-refractivity contribution is 0.0464. The van der Waals surface area contributed by atoms with Gasteiger partial charge in [0.1, 0.15) is 16.2 Å². The van der Waals surface area contributed by atoms with Crippen molar-refractivity contribution in [3.8, 4) is 0 Å². The molecule has 0 atom stereocenters. The molecular formula is C11H16BrN3O. The van der Waals surface area contributed by atoms with Gasteiger partial charge in [0.15, 0.2) is 0 Å². The topological polar surface area (TPSA) is 49.2 Å². The Labute approximate surface area is 104 Å². The molecule has 0 saturated heterocycles. The van der Waals surface area contributed by atoms with Gasteiger partial charge in [0.2, 0.25) is 0 Å². The van der Waals surface area contributed by atoms with E-state index in [0.717, 1.165) is 35.6 Å². The first kappa shape index (κ1) is 11.8. The van der Waals surface area contributed by atoms with Crippen LogP contribution in [-0.4, -0.2) is 34.8 Å². The third-order valence-corrected chi connectivity index (χ3v) is 3.33. The predicted octanol–water partition coefficient (Wildman–Crippen LogP) is 1.75. The summed E-state index contributed by atoms with van der Waals surface area (Å²) in [5.41, 5.74) is 0. The molecular weight excluding hydrogens is 270 g/mol. The van der Waals surface area contributed by atoms with E-state index in [1.54, 1.807) is 0 Å². The molecule has 0 spiro atoms. The molecule has 1 N–H and O–H groups in total. The number of halogens is 1. The summed E-state index contributed by atoms with van der Waals surface area (Å²) in [5, 5.41) is 9.24. The summed E-state index contributed by atoms with van der Waals surface area (Å²) in [6.07, 6.45) is 1.74. The van der Waals surface area contributed by atoms with Gasteiger partial charge in [0.25, 0.3) is 0 Å². The van der Waals surface area contributed by atoms with Gasteiger partial charge >= 0.3 is 0 Å². The highest BCUT2D eigenvalue weighted by atomic mass is 79.9. The van der Waals surface area contributed by atoms with E-state index in [4.69, 9.17) is 0 Å². The fraction of sp³-hybridized carbons (Fsp3) is 0.636. The summed E-state index contributed by atoms with van der Waals surface area (Å²) in [6.45, 7) is 2.83. The van der Waals surface area contributed by atoms with Crippen molar-refractivity contribution in [3.63, 3.8) is 0 Å². The molecule has 1 fully saturated rings. The lowest BCUT2D eigenvalue weighted by atomic mass is 9.82. The van der Waals surface area contributed by atoms with Crippen LogP contribution in [0.15, 0.2) is 10.7 Å². The first-order chi connectivity index (χ1) is 7.54. The monoisotopic (exact) mass is 285 g/mol. The quantitative estimate of drug-likeness (QED) is 0.860. The van der Waals surface area contributed by atoms with Crippen molar-refractivity contribution in [2.75, 3.05) is 18.5 Å². The highest BCUT2D eigenvalue weighted by Gasteiger charge is 2.28. The van der Waals surface area contributed by atoms with Crippen LogP contribution >= 0.6 is 15.9 Å². The molecule has 0 amide bonds. The maximum absolute atomic E-state index is 9.24. The molecule has 5 heteroatoms. The van der Waals surface area contributed by atoms with Crippen molar-refractivity contribution in [1.29, 1.82) is 0 Å². The van der Waals surface area contributed by atoms with E-state index in [-0.39, 0.29) is 6.10 Å². The molecule has 0 aromatic carbocycles. The van der Waals surface area contributed by atoms with Gasteiger partial charge in [0.05, 0.1) is 6.10 Å². The van der Waals surface area contributed by atoms with Crippen LogP contribution in [0.25, 0.3) is 0 Å². The summed E-state index contributed by atoms with van der Waals surface area (Å²) >= 11 is 3.37. The maximum Gasteiger partial charge on any atom is 0.133 e. The van der Waals surface area contributed by atoms with Crippen LogP contribution in [0.2, 0.25) is 0 Å². The number of aliphatic hydroxyl groups is 1. The first-order valence-electron chi connectivity index (χ1n) is 5.45. The Balaban J connectivity index is 2.00. The molecule has 0 bridgehead atoms. The number of anilines is 1. The Morgan fingerprint density at radius 2 is 2.19 bits per heavy atom. The van der Waals surface area contributed by atoms with Gasteiger partial charge in [-0.2, -0.15) is 0 Å². The van der Waals surface area contributed by atoms with Crippen LogP contribution in [0.4, 0.5) is 5.82 Å². The largest absolute Gasteiger partial charge is 0.393 e. The standard InChI is InChI=1S/C11H16BrN3O/c1-7-13-10(12)5-11(14-7)15(2)6-8-3-9(16)4-8/h5,8-9,16H,3-4,6H2,1-2H3. The molecule has 1 aliphatic rings. The van der Waals surface area contributed by atoms with Gasteiger partial charge in [-0.25, -0.2) is 9.97 Å². The van der Waals surface area contributed by atoms with Gasteiger partial charge in [-0.1, -0.05) is 0 Å². The van der Waals surface area contributed by atoms with Crippen molar-refractivity contribution < 1.29 is 5.11 Å². The number of aromatic nitrogens is 2. The number of nitrogens with zero attached hydrogens (tertiary/aromatic N) is 3. The molecule has 4 nitrogen and oxygen atoms in total. The molecule has 1 aliphatic carbocycles. The molecule has 2 rings (SSSR count). The van der Waals surface area contributed by atoms with E-state index >= 15 is 0 Å². The summed E-state index contributed by atoms with van der Waals surface area (Å²) in [5.74, 6) is 2.29. The molecule has 0 radical (unpaired) electrons. The summed E-state index contributed by atoms with van der Waals surface area (Å²) in [4.78, 5) is 10.7. The van der Waals surface area contributed by atoms with Crippen molar-refractivity contribution in [1.82, 2.24) is 9.97 Å². The third kappa shape index (κ3) is 2.71. The second kappa shape index (κ2) is 4.67. The van der Waals surface area contributed by atoms with Gasteiger partial charge in [0, 0.05) is 19.7 Å². The number of hydrogen-bond acceptors (Lipinski definition) is 4. The van der Waals surface area contributed by atoms with Crippen molar-refractivity contribution in [2.45, 2.75) is 25.9 Å². The predicted molar refractivity (Wildman–Crippen MR) is 66.5 cm³/mol. The smallest absolute Gasteiger partial charge is 0.133 e.